The summed E-state index contributed by atoms with van der Waals surface area (Å²) < 4.78 is 2.07. The largest absolute Gasteiger partial charge is 0.341 e. The zero-order chi connectivity index (χ0) is 15.5. The molecule has 0 amide bonds. The fourth-order valence-electron chi connectivity index (χ4n) is 2.51. The maximum absolute atomic E-state index is 6.41. The van der Waals surface area contributed by atoms with Crippen molar-refractivity contribution in [1.82, 2.24) is 14.8 Å². The molecule has 0 unspecified atom stereocenters. The third kappa shape index (κ3) is 3.15. The Morgan fingerprint density at radius 1 is 1.27 bits per heavy atom. The van der Waals surface area contributed by atoms with Crippen molar-refractivity contribution in [2.24, 2.45) is 0 Å². The summed E-state index contributed by atoms with van der Waals surface area (Å²) in [5.41, 5.74) is 2.04. The molecule has 1 aliphatic rings. The third-order valence-corrected chi connectivity index (χ3v) is 5.03. The van der Waals surface area contributed by atoms with E-state index in [4.69, 9.17) is 11.6 Å². The molecular formula is C16H19ClN4S. The van der Waals surface area contributed by atoms with Crippen LogP contribution in [0.25, 0.3) is 5.69 Å². The number of benzene rings is 1. The Labute approximate surface area is 140 Å². The lowest BCUT2D eigenvalue weighted by Gasteiger charge is -2.19. The zero-order valence-corrected chi connectivity index (χ0v) is 14.2. The van der Waals surface area contributed by atoms with Gasteiger partial charge in [0, 0.05) is 18.8 Å². The van der Waals surface area contributed by atoms with Gasteiger partial charge in [0.25, 0.3) is 0 Å². The highest BCUT2D eigenvalue weighted by Gasteiger charge is 2.23. The first-order chi connectivity index (χ1) is 10.7. The van der Waals surface area contributed by atoms with E-state index < -0.39 is 0 Å². The minimum atomic E-state index is 0.708. The second-order valence-electron chi connectivity index (χ2n) is 5.51. The molecule has 0 spiro atoms. The molecule has 116 valence electrons. The van der Waals surface area contributed by atoms with Crippen molar-refractivity contribution >= 4 is 29.3 Å². The summed E-state index contributed by atoms with van der Waals surface area (Å²) >= 11 is 8.05. The van der Waals surface area contributed by atoms with Gasteiger partial charge < -0.3 is 4.90 Å². The normalized spacial score (nSPS) is 14.5. The number of aromatic nitrogens is 3. The van der Waals surface area contributed by atoms with Gasteiger partial charge >= 0.3 is 0 Å². The fourth-order valence-corrected chi connectivity index (χ4v) is 3.51. The van der Waals surface area contributed by atoms with Gasteiger partial charge in [-0.05, 0) is 31.9 Å². The number of nitrogens with zero attached hydrogens (tertiary/aromatic N) is 4. The first-order valence-electron chi connectivity index (χ1n) is 7.39. The number of rotatable bonds is 5. The fraction of sp³-hybridized carbons (Fsp3) is 0.375. The van der Waals surface area contributed by atoms with Crippen LogP contribution in [-0.4, -0.2) is 33.6 Å². The molecule has 6 heteroatoms. The van der Waals surface area contributed by atoms with Crippen molar-refractivity contribution in [2.75, 3.05) is 23.7 Å². The standard InChI is InChI=1S/C16H19ClN4S/c1-12(2)11-22-16-19-18-15(20-9-5-6-10-20)21(16)14-8-4-3-7-13(14)17/h3-4,7-8H,1,5-6,9-11H2,2H3. The van der Waals surface area contributed by atoms with Crippen LogP contribution in [-0.2, 0) is 0 Å². The van der Waals surface area contributed by atoms with Crippen molar-refractivity contribution in [3.05, 3.63) is 41.4 Å². The van der Waals surface area contributed by atoms with Crippen molar-refractivity contribution < 1.29 is 0 Å². The predicted octanol–water partition coefficient (Wildman–Crippen LogP) is 4.19. The van der Waals surface area contributed by atoms with E-state index in [1.54, 1.807) is 11.8 Å². The van der Waals surface area contributed by atoms with Gasteiger partial charge in [-0.15, -0.1) is 10.2 Å². The maximum atomic E-state index is 6.41. The van der Waals surface area contributed by atoms with E-state index in [-0.39, 0.29) is 0 Å². The highest BCUT2D eigenvalue weighted by molar-refractivity contribution is 7.99. The Hall–Kier alpha value is -1.46. The molecular weight excluding hydrogens is 316 g/mol. The van der Waals surface area contributed by atoms with Crippen LogP contribution in [0.15, 0.2) is 41.6 Å². The smallest absolute Gasteiger partial charge is 0.232 e. The van der Waals surface area contributed by atoms with Crippen LogP contribution in [0.2, 0.25) is 5.02 Å². The second kappa shape index (κ2) is 6.75. The molecule has 1 fully saturated rings. The molecule has 0 saturated carbocycles. The number of anilines is 1. The van der Waals surface area contributed by atoms with Gasteiger partial charge in [-0.25, -0.2) is 0 Å². The van der Waals surface area contributed by atoms with E-state index in [2.05, 4.69) is 26.2 Å². The van der Waals surface area contributed by atoms with Gasteiger partial charge in [0.05, 0.1) is 10.7 Å². The number of para-hydroxylation sites is 1. The number of thioether (sulfide) groups is 1. The van der Waals surface area contributed by atoms with Crippen molar-refractivity contribution in [1.29, 1.82) is 0 Å². The van der Waals surface area contributed by atoms with Crippen LogP contribution in [0.1, 0.15) is 19.8 Å². The van der Waals surface area contributed by atoms with Gasteiger partial charge in [0.15, 0.2) is 5.16 Å². The Bertz CT molecular complexity index is 677. The topological polar surface area (TPSA) is 34.0 Å². The summed E-state index contributed by atoms with van der Waals surface area (Å²) in [5.74, 6) is 1.71. The van der Waals surface area contributed by atoms with Crippen molar-refractivity contribution in [2.45, 2.75) is 24.9 Å². The lowest BCUT2D eigenvalue weighted by Crippen LogP contribution is -2.22. The van der Waals surface area contributed by atoms with Crippen LogP contribution in [0.3, 0.4) is 0 Å². The van der Waals surface area contributed by atoms with E-state index in [1.807, 2.05) is 31.2 Å². The first kappa shape index (κ1) is 15.4. The van der Waals surface area contributed by atoms with Crippen LogP contribution in [0.5, 0.6) is 0 Å². The van der Waals surface area contributed by atoms with E-state index >= 15 is 0 Å². The molecule has 3 rings (SSSR count). The minimum Gasteiger partial charge on any atom is -0.341 e. The molecule has 0 bridgehead atoms. The summed E-state index contributed by atoms with van der Waals surface area (Å²) in [6.45, 7) is 8.02. The molecule has 1 aromatic carbocycles. The number of halogens is 1. The molecule has 1 saturated heterocycles. The molecule has 0 N–H and O–H groups in total. The van der Waals surface area contributed by atoms with E-state index in [0.29, 0.717) is 5.02 Å². The molecule has 22 heavy (non-hydrogen) atoms. The lowest BCUT2D eigenvalue weighted by atomic mass is 10.3. The molecule has 0 radical (unpaired) electrons. The molecule has 2 heterocycles. The van der Waals surface area contributed by atoms with Gasteiger partial charge in [-0.2, -0.15) is 0 Å². The summed E-state index contributed by atoms with van der Waals surface area (Å²) in [7, 11) is 0. The average Bonchev–Trinajstić information content (AvgIpc) is 3.14. The van der Waals surface area contributed by atoms with E-state index in [0.717, 1.165) is 41.2 Å². The average molecular weight is 335 g/mol. The van der Waals surface area contributed by atoms with Crippen LogP contribution in [0, 0.1) is 0 Å². The van der Waals surface area contributed by atoms with Crippen LogP contribution >= 0.6 is 23.4 Å². The summed E-state index contributed by atoms with van der Waals surface area (Å²) in [4.78, 5) is 2.28. The van der Waals surface area contributed by atoms with Crippen molar-refractivity contribution in [3.8, 4) is 5.69 Å². The van der Waals surface area contributed by atoms with Crippen molar-refractivity contribution in [3.63, 3.8) is 0 Å². The molecule has 1 aliphatic heterocycles. The first-order valence-corrected chi connectivity index (χ1v) is 8.75. The van der Waals surface area contributed by atoms with E-state index in [1.165, 1.54) is 12.8 Å². The molecule has 4 nitrogen and oxygen atoms in total. The monoisotopic (exact) mass is 334 g/mol. The quantitative estimate of drug-likeness (QED) is 0.606. The second-order valence-corrected chi connectivity index (χ2v) is 6.86. The number of hydrogen-bond donors (Lipinski definition) is 0. The molecule has 1 aromatic heterocycles. The Kier molecular flexibility index (Phi) is 4.74. The molecule has 2 aromatic rings. The Morgan fingerprint density at radius 2 is 2.00 bits per heavy atom. The van der Waals surface area contributed by atoms with Gasteiger partial charge in [0.1, 0.15) is 0 Å². The minimum absolute atomic E-state index is 0.708. The van der Waals surface area contributed by atoms with Gasteiger partial charge in [-0.3, -0.25) is 4.57 Å². The van der Waals surface area contributed by atoms with E-state index in [9.17, 15) is 0 Å². The SMILES string of the molecule is C=C(C)CSc1nnc(N2CCCC2)n1-c1ccccc1Cl. The van der Waals surface area contributed by atoms with Crippen LogP contribution < -0.4 is 4.90 Å². The molecule has 0 aliphatic carbocycles. The summed E-state index contributed by atoms with van der Waals surface area (Å²) in [5, 5.41) is 10.4. The summed E-state index contributed by atoms with van der Waals surface area (Å²) in [6, 6.07) is 7.84. The van der Waals surface area contributed by atoms with Gasteiger partial charge in [-0.1, -0.05) is 47.6 Å². The molecule has 0 atom stereocenters. The highest BCUT2D eigenvalue weighted by atomic mass is 35.5. The Morgan fingerprint density at radius 3 is 2.68 bits per heavy atom. The predicted molar refractivity (Wildman–Crippen MR) is 93.4 cm³/mol. The number of hydrogen-bond acceptors (Lipinski definition) is 4. The lowest BCUT2D eigenvalue weighted by molar-refractivity contribution is 0.842. The zero-order valence-electron chi connectivity index (χ0n) is 12.6. The Balaban J connectivity index is 2.04. The maximum Gasteiger partial charge on any atom is 0.232 e. The van der Waals surface area contributed by atoms with Crippen LogP contribution in [0.4, 0.5) is 5.95 Å². The highest BCUT2D eigenvalue weighted by Crippen LogP contribution is 2.32. The third-order valence-electron chi connectivity index (χ3n) is 3.55. The summed E-state index contributed by atoms with van der Waals surface area (Å²) in [6.07, 6.45) is 2.40. The van der Waals surface area contributed by atoms with Gasteiger partial charge in [0.2, 0.25) is 5.95 Å².